The van der Waals surface area contributed by atoms with Gasteiger partial charge in [0.1, 0.15) is 11.3 Å². The molecule has 1 aliphatic rings. The van der Waals surface area contributed by atoms with Crippen molar-refractivity contribution in [2.75, 3.05) is 5.32 Å². The quantitative estimate of drug-likeness (QED) is 0.541. The number of hydrogen-bond acceptors (Lipinski definition) is 4. The fourth-order valence-electron chi connectivity index (χ4n) is 3.03. The summed E-state index contributed by atoms with van der Waals surface area (Å²) in [5, 5.41) is 3.23. The first-order chi connectivity index (χ1) is 11.4. The molecule has 110 valence electrons. The molecular weight excluding hydrogens is 286 g/mol. The molecule has 5 nitrogen and oxygen atoms in total. The van der Waals surface area contributed by atoms with Crippen molar-refractivity contribution in [3.05, 3.63) is 66.4 Å². The summed E-state index contributed by atoms with van der Waals surface area (Å²) in [5.41, 5.74) is 5.13. The van der Waals surface area contributed by atoms with E-state index in [1.54, 1.807) is 6.20 Å². The third kappa shape index (κ3) is 1.90. The molecule has 5 heteroatoms. The Kier molecular flexibility index (Phi) is 2.49. The second kappa shape index (κ2) is 4.64. The number of imidazole rings is 1. The number of para-hydroxylation sites is 1. The number of benzene rings is 2. The molecule has 5 rings (SSSR count). The van der Waals surface area contributed by atoms with Gasteiger partial charge in [0.05, 0.1) is 12.7 Å². The lowest BCUT2D eigenvalue weighted by atomic mass is 10.1. The van der Waals surface area contributed by atoms with Crippen LogP contribution >= 0.6 is 0 Å². The molecule has 1 N–H and O–H groups in total. The van der Waals surface area contributed by atoms with Gasteiger partial charge >= 0.3 is 0 Å². The topological polar surface area (TPSA) is 55.6 Å². The first-order valence-electron chi connectivity index (χ1n) is 7.52. The van der Waals surface area contributed by atoms with Crippen molar-refractivity contribution in [2.45, 2.75) is 6.54 Å². The third-order valence-electron chi connectivity index (χ3n) is 4.10. The van der Waals surface area contributed by atoms with Gasteiger partial charge in [-0.3, -0.25) is 0 Å². The zero-order chi connectivity index (χ0) is 15.2. The lowest BCUT2D eigenvalue weighted by molar-refractivity contribution is 0.865. The zero-order valence-corrected chi connectivity index (χ0v) is 12.3. The van der Waals surface area contributed by atoms with Crippen LogP contribution in [-0.4, -0.2) is 19.5 Å². The summed E-state index contributed by atoms with van der Waals surface area (Å²) < 4.78 is 2.15. The molecule has 0 amide bonds. The van der Waals surface area contributed by atoms with Crippen LogP contribution in [0.4, 0.5) is 11.6 Å². The molecule has 4 aromatic rings. The molecule has 0 bridgehead atoms. The Labute approximate surface area is 132 Å². The van der Waals surface area contributed by atoms with Crippen LogP contribution in [0.15, 0.2) is 60.8 Å². The Morgan fingerprint density at radius 2 is 1.74 bits per heavy atom. The van der Waals surface area contributed by atoms with Gasteiger partial charge in [-0.05, 0) is 17.7 Å². The number of rotatable bonds is 2. The first kappa shape index (κ1) is 12.3. The van der Waals surface area contributed by atoms with Crippen molar-refractivity contribution in [1.82, 2.24) is 19.5 Å². The van der Waals surface area contributed by atoms with Gasteiger partial charge in [0.15, 0.2) is 5.65 Å². The number of hydrogen-bond donors (Lipinski definition) is 1. The van der Waals surface area contributed by atoms with Gasteiger partial charge in [0.2, 0.25) is 5.95 Å². The highest BCUT2D eigenvalue weighted by Crippen LogP contribution is 2.33. The zero-order valence-electron chi connectivity index (χ0n) is 12.3. The van der Waals surface area contributed by atoms with Crippen LogP contribution in [0.1, 0.15) is 5.56 Å². The van der Waals surface area contributed by atoms with Crippen molar-refractivity contribution < 1.29 is 0 Å². The van der Waals surface area contributed by atoms with Crippen LogP contribution in [0.5, 0.6) is 0 Å². The van der Waals surface area contributed by atoms with E-state index in [0.717, 1.165) is 29.2 Å². The average molecular weight is 299 g/mol. The van der Waals surface area contributed by atoms with E-state index in [-0.39, 0.29) is 0 Å². The maximum absolute atomic E-state index is 4.69. The number of fused-ring (bicyclic) bond motifs is 5. The number of nitrogens with one attached hydrogen (secondary N) is 1. The molecule has 1 aliphatic heterocycles. The molecule has 23 heavy (non-hydrogen) atoms. The van der Waals surface area contributed by atoms with E-state index < -0.39 is 0 Å². The minimum Gasteiger partial charge on any atom is -0.324 e. The summed E-state index contributed by atoms with van der Waals surface area (Å²) in [6.07, 6.45) is 1.78. The molecule has 0 fully saturated rings. The Hall–Kier alpha value is -3.21. The average Bonchev–Trinajstić information content (AvgIpc) is 3.12. The van der Waals surface area contributed by atoms with Gasteiger partial charge < -0.3 is 9.88 Å². The second-order valence-corrected chi connectivity index (χ2v) is 5.57. The minimum absolute atomic E-state index is 0.586. The van der Waals surface area contributed by atoms with E-state index in [2.05, 4.69) is 38.1 Å². The Bertz CT molecular complexity index is 1020. The van der Waals surface area contributed by atoms with Crippen molar-refractivity contribution in [2.24, 2.45) is 0 Å². The molecular formula is C18H13N5. The number of nitrogens with zero attached hydrogens (tertiary/aromatic N) is 4. The van der Waals surface area contributed by atoms with Crippen molar-refractivity contribution >= 4 is 22.8 Å². The predicted molar refractivity (Wildman–Crippen MR) is 89.6 cm³/mol. The third-order valence-corrected chi connectivity index (χ3v) is 4.10. The van der Waals surface area contributed by atoms with E-state index >= 15 is 0 Å². The maximum atomic E-state index is 4.69. The summed E-state index contributed by atoms with van der Waals surface area (Å²) in [6, 6.07) is 18.3. The largest absolute Gasteiger partial charge is 0.324 e. The fraction of sp³-hybridized carbons (Fsp3) is 0.0556. The van der Waals surface area contributed by atoms with Gasteiger partial charge in [-0.1, -0.05) is 42.5 Å². The smallest absolute Gasteiger partial charge is 0.229 e. The van der Waals surface area contributed by atoms with Crippen LogP contribution in [0, 0.1) is 0 Å². The standard InChI is InChI=1S/C18H13N5/c1-2-7-13(8-3-1)20-18-19-10-15-17(22-18)23-11-12-6-4-5-9-14(12)16(23)21-15/h1-10H,11H2,(H,19,20,22). The summed E-state index contributed by atoms with van der Waals surface area (Å²) >= 11 is 0. The van der Waals surface area contributed by atoms with Crippen LogP contribution in [0.3, 0.4) is 0 Å². The Balaban J connectivity index is 1.61. The first-order valence-corrected chi connectivity index (χ1v) is 7.52. The fourth-order valence-corrected chi connectivity index (χ4v) is 3.03. The Morgan fingerprint density at radius 1 is 0.913 bits per heavy atom. The highest BCUT2D eigenvalue weighted by atomic mass is 15.2. The Morgan fingerprint density at radius 3 is 2.65 bits per heavy atom. The summed E-state index contributed by atoms with van der Waals surface area (Å²) in [5.74, 6) is 1.56. The molecule has 0 unspecified atom stereocenters. The highest BCUT2D eigenvalue weighted by molar-refractivity contribution is 5.81. The van der Waals surface area contributed by atoms with Crippen LogP contribution in [0.25, 0.3) is 22.6 Å². The highest BCUT2D eigenvalue weighted by Gasteiger charge is 2.23. The van der Waals surface area contributed by atoms with E-state index in [0.29, 0.717) is 5.95 Å². The van der Waals surface area contributed by atoms with E-state index in [9.17, 15) is 0 Å². The lowest BCUT2D eigenvalue weighted by Crippen LogP contribution is -2.00. The molecule has 0 spiro atoms. The summed E-state index contributed by atoms with van der Waals surface area (Å²) in [7, 11) is 0. The minimum atomic E-state index is 0.586. The predicted octanol–water partition coefficient (Wildman–Crippen LogP) is 3.60. The van der Waals surface area contributed by atoms with Crippen LogP contribution < -0.4 is 5.32 Å². The molecule has 0 saturated heterocycles. The SMILES string of the molecule is c1ccc(Nc2ncc3nc4n(c3n2)Cc2ccccc2-4)cc1. The summed E-state index contributed by atoms with van der Waals surface area (Å²) in [6.45, 7) is 0.809. The molecule has 0 atom stereocenters. The maximum Gasteiger partial charge on any atom is 0.229 e. The lowest BCUT2D eigenvalue weighted by Gasteiger charge is -2.05. The normalized spacial score (nSPS) is 12.2. The summed E-state index contributed by atoms with van der Waals surface area (Å²) in [4.78, 5) is 13.7. The van der Waals surface area contributed by atoms with E-state index in [4.69, 9.17) is 4.98 Å². The van der Waals surface area contributed by atoms with E-state index in [1.807, 2.05) is 36.4 Å². The van der Waals surface area contributed by atoms with Gasteiger partial charge in [-0.25, -0.2) is 9.97 Å². The van der Waals surface area contributed by atoms with E-state index in [1.165, 1.54) is 11.1 Å². The molecule has 0 radical (unpaired) electrons. The molecule has 3 heterocycles. The molecule has 2 aromatic heterocycles. The molecule has 0 aliphatic carbocycles. The monoisotopic (exact) mass is 299 g/mol. The van der Waals surface area contributed by atoms with Crippen molar-refractivity contribution in [3.8, 4) is 11.4 Å². The van der Waals surface area contributed by atoms with Gasteiger partial charge in [-0.15, -0.1) is 0 Å². The molecule has 2 aromatic carbocycles. The van der Waals surface area contributed by atoms with Crippen LogP contribution in [-0.2, 0) is 6.54 Å². The number of aromatic nitrogens is 4. The van der Waals surface area contributed by atoms with Crippen LogP contribution in [0.2, 0.25) is 0 Å². The second-order valence-electron chi connectivity index (χ2n) is 5.57. The van der Waals surface area contributed by atoms with Gasteiger partial charge in [-0.2, -0.15) is 4.98 Å². The molecule has 0 saturated carbocycles. The van der Waals surface area contributed by atoms with Gasteiger partial charge in [0, 0.05) is 11.3 Å². The van der Waals surface area contributed by atoms with Crippen molar-refractivity contribution in [3.63, 3.8) is 0 Å². The number of anilines is 2. The van der Waals surface area contributed by atoms with Gasteiger partial charge in [0.25, 0.3) is 0 Å². The van der Waals surface area contributed by atoms with Crippen molar-refractivity contribution in [1.29, 1.82) is 0 Å².